The highest BCUT2D eigenvalue weighted by Gasteiger charge is 2.33. The molecule has 7 heteroatoms. The molecule has 1 saturated heterocycles. The van der Waals surface area contributed by atoms with Crippen LogP contribution in [0.3, 0.4) is 0 Å². The third-order valence-corrected chi connectivity index (χ3v) is 4.30. The van der Waals surface area contributed by atoms with E-state index in [2.05, 4.69) is 0 Å². The maximum absolute atomic E-state index is 12.4. The minimum atomic E-state index is -0.510. The van der Waals surface area contributed by atoms with E-state index in [0.717, 1.165) is 12.8 Å². The first-order valence-corrected chi connectivity index (χ1v) is 8.14. The fraction of sp³-hybridized carbons (Fsp3) is 0.588. The molecule has 0 saturated carbocycles. The summed E-state index contributed by atoms with van der Waals surface area (Å²) in [5.41, 5.74) is 5.82. The summed E-state index contributed by atoms with van der Waals surface area (Å²) < 4.78 is 5.85. The second kappa shape index (κ2) is 7.17. The van der Waals surface area contributed by atoms with E-state index in [4.69, 9.17) is 10.5 Å². The van der Waals surface area contributed by atoms with E-state index < -0.39 is 11.0 Å². The number of carbonyl (C=O) groups is 1. The van der Waals surface area contributed by atoms with Crippen molar-refractivity contribution in [1.82, 2.24) is 4.90 Å². The van der Waals surface area contributed by atoms with Crippen LogP contribution in [-0.2, 0) is 4.79 Å². The van der Waals surface area contributed by atoms with Crippen LogP contribution in [0.2, 0.25) is 0 Å². The van der Waals surface area contributed by atoms with Crippen molar-refractivity contribution in [2.75, 3.05) is 13.1 Å². The van der Waals surface area contributed by atoms with Crippen molar-refractivity contribution in [2.24, 2.45) is 11.1 Å². The summed E-state index contributed by atoms with van der Waals surface area (Å²) in [6.07, 6.45) is 1.44. The van der Waals surface area contributed by atoms with Gasteiger partial charge in [-0.3, -0.25) is 14.9 Å². The lowest BCUT2D eigenvalue weighted by Gasteiger charge is -2.36. The van der Waals surface area contributed by atoms with Gasteiger partial charge in [-0.15, -0.1) is 0 Å². The Hall–Kier alpha value is -2.15. The van der Waals surface area contributed by atoms with Crippen molar-refractivity contribution in [1.29, 1.82) is 0 Å². The number of nitrogens with zero attached hydrogens (tertiary/aromatic N) is 2. The van der Waals surface area contributed by atoms with Gasteiger partial charge in [0.2, 0.25) is 5.91 Å². The molecule has 0 aromatic heterocycles. The third-order valence-electron chi connectivity index (χ3n) is 4.30. The molecule has 0 spiro atoms. The Morgan fingerprint density at radius 1 is 1.29 bits per heavy atom. The zero-order valence-electron chi connectivity index (χ0n) is 14.4. The Kier molecular flexibility index (Phi) is 5.43. The number of piperidine rings is 1. The lowest BCUT2D eigenvalue weighted by molar-refractivity contribution is -0.384. The molecule has 1 amide bonds. The van der Waals surface area contributed by atoms with Crippen molar-refractivity contribution in [3.8, 4) is 5.75 Å². The summed E-state index contributed by atoms with van der Waals surface area (Å²) in [4.78, 5) is 24.4. The van der Waals surface area contributed by atoms with Crippen LogP contribution in [0.1, 0.15) is 33.6 Å². The molecule has 7 nitrogen and oxygen atoms in total. The van der Waals surface area contributed by atoms with Crippen molar-refractivity contribution < 1.29 is 14.5 Å². The largest absolute Gasteiger partial charge is 0.490 e. The topological polar surface area (TPSA) is 98.7 Å². The molecular weight excluding hydrogens is 310 g/mol. The van der Waals surface area contributed by atoms with Crippen LogP contribution in [-0.4, -0.2) is 41.0 Å². The molecule has 0 bridgehead atoms. The summed E-state index contributed by atoms with van der Waals surface area (Å²) >= 11 is 0. The van der Waals surface area contributed by atoms with Crippen LogP contribution in [0.5, 0.6) is 5.75 Å². The predicted molar refractivity (Wildman–Crippen MR) is 90.8 cm³/mol. The average Bonchev–Trinajstić information content (AvgIpc) is 2.54. The molecule has 2 N–H and O–H groups in total. The van der Waals surface area contributed by atoms with Crippen LogP contribution in [0, 0.1) is 15.5 Å². The summed E-state index contributed by atoms with van der Waals surface area (Å²) in [5, 5.41) is 10.6. The van der Waals surface area contributed by atoms with Gasteiger partial charge in [0.05, 0.1) is 11.0 Å². The Bertz CT molecular complexity index is 587. The number of hydrogen-bond acceptors (Lipinski definition) is 5. The summed E-state index contributed by atoms with van der Waals surface area (Å²) in [6.45, 7) is 7.10. The van der Waals surface area contributed by atoms with Gasteiger partial charge in [0.15, 0.2) is 0 Å². The number of rotatable bonds is 4. The molecule has 1 heterocycles. The number of non-ortho nitro benzene ring substituents is 1. The number of nitro benzene ring substituents is 1. The van der Waals surface area contributed by atoms with Gasteiger partial charge in [0.1, 0.15) is 11.9 Å². The highest BCUT2D eigenvalue weighted by molar-refractivity contribution is 5.82. The number of likely N-dealkylation sites (tertiary alicyclic amines) is 1. The second-order valence-electron chi connectivity index (χ2n) is 7.24. The first kappa shape index (κ1) is 18.2. The Morgan fingerprint density at radius 3 is 2.29 bits per heavy atom. The summed E-state index contributed by atoms with van der Waals surface area (Å²) in [6, 6.07) is 5.55. The van der Waals surface area contributed by atoms with Gasteiger partial charge in [-0.2, -0.15) is 0 Å². The van der Waals surface area contributed by atoms with E-state index in [9.17, 15) is 14.9 Å². The van der Waals surface area contributed by atoms with E-state index in [-0.39, 0.29) is 23.1 Å². The summed E-state index contributed by atoms with van der Waals surface area (Å²) in [7, 11) is 0. The SMILES string of the molecule is CC(C)(C)[C@H](N)C(=O)N1CCC(Oc2ccc([N+](=O)[O-])cc2)CC1. The Morgan fingerprint density at radius 2 is 1.83 bits per heavy atom. The molecule has 1 fully saturated rings. The van der Waals surface area contributed by atoms with Gasteiger partial charge in [-0.05, 0) is 17.5 Å². The first-order valence-electron chi connectivity index (χ1n) is 8.14. The normalized spacial score (nSPS) is 17.4. The number of nitrogens with two attached hydrogens (primary N) is 1. The lowest BCUT2D eigenvalue weighted by atomic mass is 9.86. The van der Waals surface area contributed by atoms with Crippen molar-refractivity contribution in [3.05, 3.63) is 34.4 Å². The minimum Gasteiger partial charge on any atom is -0.490 e. The van der Waals surface area contributed by atoms with Gasteiger partial charge in [-0.25, -0.2) is 0 Å². The minimum absolute atomic E-state index is 0.00127. The summed E-state index contributed by atoms with van der Waals surface area (Å²) in [5.74, 6) is 0.591. The molecule has 24 heavy (non-hydrogen) atoms. The predicted octanol–water partition coefficient (Wildman–Crippen LogP) is 2.34. The second-order valence-corrected chi connectivity index (χ2v) is 7.24. The molecule has 1 aliphatic heterocycles. The van der Waals surface area contributed by atoms with E-state index in [1.54, 1.807) is 17.0 Å². The van der Waals surface area contributed by atoms with Crippen LogP contribution >= 0.6 is 0 Å². The molecule has 1 aromatic carbocycles. The maximum atomic E-state index is 12.4. The fourth-order valence-electron chi connectivity index (χ4n) is 2.60. The average molecular weight is 335 g/mol. The number of benzene rings is 1. The highest BCUT2D eigenvalue weighted by Crippen LogP contribution is 2.24. The van der Waals surface area contributed by atoms with E-state index in [1.807, 2.05) is 20.8 Å². The highest BCUT2D eigenvalue weighted by atomic mass is 16.6. The smallest absolute Gasteiger partial charge is 0.269 e. The molecule has 1 aliphatic rings. The van der Waals surface area contributed by atoms with Crippen LogP contribution in [0.15, 0.2) is 24.3 Å². The number of ether oxygens (including phenoxy) is 1. The monoisotopic (exact) mass is 335 g/mol. The van der Waals surface area contributed by atoms with Crippen molar-refractivity contribution >= 4 is 11.6 Å². The van der Waals surface area contributed by atoms with Gasteiger partial charge in [0, 0.05) is 38.1 Å². The molecule has 0 aliphatic carbocycles. The molecule has 0 unspecified atom stereocenters. The van der Waals surface area contributed by atoms with Crippen LogP contribution < -0.4 is 10.5 Å². The fourth-order valence-corrected chi connectivity index (χ4v) is 2.60. The van der Waals surface area contributed by atoms with Gasteiger partial charge < -0.3 is 15.4 Å². The van der Waals surface area contributed by atoms with Crippen molar-refractivity contribution in [2.45, 2.75) is 45.8 Å². The Labute approximate surface area is 141 Å². The van der Waals surface area contributed by atoms with Gasteiger partial charge >= 0.3 is 0 Å². The molecule has 132 valence electrons. The molecule has 2 rings (SSSR count). The van der Waals surface area contributed by atoms with E-state index in [1.165, 1.54) is 12.1 Å². The van der Waals surface area contributed by atoms with E-state index >= 15 is 0 Å². The molecule has 0 radical (unpaired) electrons. The van der Waals surface area contributed by atoms with Gasteiger partial charge in [-0.1, -0.05) is 20.8 Å². The lowest BCUT2D eigenvalue weighted by Crippen LogP contribution is -2.53. The van der Waals surface area contributed by atoms with Gasteiger partial charge in [0.25, 0.3) is 5.69 Å². The number of hydrogen-bond donors (Lipinski definition) is 1. The van der Waals surface area contributed by atoms with Crippen LogP contribution in [0.25, 0.3) is 0 Å². The maximum Gasteiger partial charge on any atom is 0.269 e. The zero-order valence-corrected chi connectivity index (χ0v) is 14.4. The molecule has 1 atom stereocenters. The van der Waals surface area contributed by atoms with E-state index in [0.29, 0.717) is 18.8 Å². The molecule has 1 aromatic rings. The number of amides is 1. The number of nitro groups is 1. The van der Waals surface area contributed by atoms with Crippen LogP contribution in [0.4, 0.5) is 5.69 Å². The molecular formula is C17H25N3O4. The van der Waals surface area contributed by atoms with Crippen molar-refractivity contribution in [3.63, 3.8) is 0 Å². The standard InChI is InChI=1S/C17H25N3O4/c1-17(2,3)15(18)16(21)19-10-8-14(9-11-19)24-13-6-4-12(5-7-13)20(22)23/h4-7,14-15H,8-11,18H2,1-3H3/t15-/m1/s1. The Balaban J connectivity index is 1.86. The number of carbonyl (C=O) groups excluding carboxylic acids is 1. The quantitative estimate of drug-likeness (QED) is 0.672. The third kappa shape index (κ3) is 4.44. The zero-order chi connectivity index (χ0) is 17.9. The first-order chi connectivity index (χ1) is 11.2.